The Balaban J connectivity index is 2.21. The van der Waals surface area contributed by atoms with E-state index in [1.165, 1.54) is 0 Å². The van der Waals surface area contributed by atoms with Crippen LogP contribution in [0.5, 0.6) is 0 Å². The molecule has 4 heteroatoms. The van der Waals surface area contributed by atoms with Crippen LogP contribution in [0.3, 0.4) is 0 Å². The predicted molar refractivity (Wildman–Crippen MR) is 75.2 cm³/mol. The summed E-state index contributed by atoms with van der Waals surface area (Å²) in [5.41, 5.74) is 8.61. The number of nitrogens with zero attached hydrogens (tertiary/aromatic N) is 1. The minimum atomic E-state index is -0.0499. The SMILES string of the molecule is Cc1cc(C)cc(C(=O)N2CC(CN)OCC2C)c1. The van der Waals surface area contributed by atoms with E-state index in [2.05, 4.69) is 6.07 Å². The number of nitrogens with two attached hydrogens (primary N) is 1. The lowest BCUT2D eigenvalue weighted by Gasteiger charge is -2.37. The molecule has 1 aromatic rings. The zero-order chi connectivity index (χ0) is 14.0. The standard InChI is InChI=1S/C15H22N2O2/c1-10-4-11(2)6-13(5-10)15(18)17-8-14(7-16)19-9-12(17)3/h4-6,12,14H,7-9,16H2,1-3H3. The van der Waals surface area contributed by atoms with E-state index in [0.29, 0.717) is 19.7 Å². The van der Waals surface area contributed by atoms with Gasteiger partial charge in [-0.3, -0.25) is 4.79 Å². The Hall–Kier alpha value is -1.39. The average molecular weight is 262 g/mol. The molecule has 1 aliphatic heterocycles. The van der Waals surface area contributed by atoms with Crippen LogP contribution in [0.1, 0.15) is 28.4 Å². The molecule has 2 rings (SSSR count). The molecule has 19 heavy (non-hydrogen) atoms. The van der Waals surface area contributed by atoms with Crippen molar-refractivity contribution in [3.63, 3.8) is 0 Å². The summed E-state index contributed by atoms with van der Waals surface area (Å²) >= 11 is 0. The highest BCUT2D eigenvalue weighted by Crippen LogP contribution is 2.17. The first-order valence-electron chi connectivity index (χ1n) is 6.72. The van der Waals surface area contributed by atoms with E-state index in [0.717, 1.165) is 16.7 Å². The molecule has 0 saturated carbocycles. The van der Waals surface area contributed by atoms with Gasteiger partial charge in [0.1, 0.15) is 0 Å². The molecule has 1 saturated heterocycles. The summed E-state index contributed by atoms with van der Waals surface area (Å²) in [6.45, 7) is 7.60. The fourth-order valence-corrected chi connectivity index (χ4v) is 2.51. The Labute approximate surface area is 114 Å². The summed E-state index contributed by atoms with van der Waals surface area (Å²) in [4.78, 5) is 14.5. The van der Waals surface area contributed by atoms with Crippen LogP contribution in [-0.2, 0) is 4.74 Å². The Morgan fingerprint density at radius 1 is 1.37 bits per heavy atom. The third kappa shape index (κ3) is 3.14. The van der Waals surface area contributed by atoms with Gasteiger partial charge in [-0.15, -0.1) is 0 Å². The number of amides is 1. The second-order valence-corrected chi connectivity index (χ2v) is 5.37. The van der Waals surface area contributed by atoms with Crippen molar-refractivity contribution in [3.05, 3.63) is 34.9 Å². The second kappa shape index (κ2) is 5.72. The Kier molecular flexibility index (Phi) is 4.22. The summed E-state index contributed by atoms with van der Waals surface area (Å²) in [6, 6.07) is 6.04. The topological polar surface area (TPSA) is 55.6 Å². The van der Waals surface area contributed by atoms with Crippen LogP contribution in [0.15, 0.2) is 18.2 Å². The quantitative estimate of drug-likeness (QED) is 0.878. The molecule has 2 unspecified atom stereocenters. The summed E-state index contributed by atoms with van der Waals surface area (Å²) < 4.78 is 5.58. The van der Waals surface area contributed by atoms with Crippen LogP contribution in [0.25, 0.3) is 0 Å². The molecule has 1 aromatic carbocycles. The van der Waals surface area contributed by atoms with Gasteiger partial charge in [-0.1, -0.05) is 17.2 Å². The van der Waals surface area contributed by atoms with E-state index in [1.807, 2.05) is 37.8 Å². The van der Waals surface area contributed by atoms with Gasteiger partial charge in [-0.25, -0.2) is 0 Å². The minimum Gasteiger partial charge on any atom is -0.373 e. The van der Waals surface area contributed by atoms with Crippen LogP contribution in [0, 0.1) is 13.8 Å². The number of morpholine rings is 1. The van der Waals surface area contributed by atoms with Gasteiger partial charge >= 0.3 is 0 Å². The van der Waals surface area contributed by atoms with Crippen LogP contribution in [0.2, 0.25) is 0 Å². The van der Waals surface area contributed by atoms with Gasteiger partial charge in [0, 0.05) is 18.7 Å². The van der Waals surface area contributed by atoms with E-state index in [-0.39, 0.29) is 18.1 Å². The predicted octanol–water partition coefficient (Wildman–Crippen LogP) is 1.49. The lowest BCUT2D eigenvalue weighted by atomic mass is 10.0. The summed E-state index contributed by atoms with van der Waals surface area (Å²) in [6.07, 6.45) is -0.0499. The Bertz CT molecular complexity index is 453. The molecule has 1 amide bonds. The first-order valence-corrected chi connectivity index (χ1v) is 6.72. The van der Waals surface area contributed by atoms with Gasteiger partial charge in [-0.2, -0.15) is 0 Å². The van der Waals surface area contributed by atoms with Gasteiger partial charge in [0.25, 0.3) is 5.91 Å². The Morgan fingerprint density at radius 2 is 2.00 bits per heavy atom. The van der Waals surface area contributed by atoms with E-state index >= 15 is 0 Å². The van der Waals surface area contributed by atoms with Gasteiger partial charge in [-0.05, 0) is 32.9 Å². The lowest BCUT2D eigenvalue weighted by Crippen LogP contribution is -2.52. The van der Waals surface area contributed by atoms with Crippen molar-refractivity contribution in [3.8, 4) is 0 Å². The molecule has 0 bridgehead atoms. The third-order valence-electron chi connectivity index (χ3n) is 3.50. The maximum atomic E-state index is 12.6. The largest absolute Gasteiger partial charge is 0.373 e. The zero-order valence-corrected chi connectivity index (χ0v) is 11.8. The maximum Gasteiger partial charge on any atom is 0.254 e. The Morgan fingerprint density at radius 3 is 2.58 bits per heavy atom. The molecule has 104 valence electrons. The van der Waals surface area contributed by atoms with Gasteiger partial charge in [0.15, 0.2) is 0 Å². The van der Waals surface area contributed by atoms with Crippen molar-refractivity contribution in [2.24, 2.45) is 5.73 Å². The van der Waals surface area contributed by atoms with Crippen molar-refractivity contribution in [1.82, 2.24) is 4.90 Å². The minimum absolute atomic E-state index is 0.0499. The molecule has 1 heterocycles. The van der Waals surface area contributed by atoms with Gasteiger partial charge < -0.3 is 15.4 Å². The zero-order valence-electron chi connectivity index (χ0n) is 11.8. The van der Waals surface area contributed by atoms with Crippen molar-refractivity contribution in [1.29, 1.82) is 0 Å². The summed E-state index contributed by atoms with van der Waals surface area (Å²) in [5, 5.41) is 0. The number of hydrogen-bond acceptors (Lipinski definition) is 3. The van der Waals surface area contributed by atoms with Crippen LogP contribution < -0.4 is 5.73 Å². The molecular weight excluding hydrogens is 240 g/mol. The molecular formula is C15H22N2O2. The number of aryl methyl sites for hydroxylation is 2. The molecule has 0 aromatic heterocycles. The smallest absolute Gasteiger partial charge is 0.254 e. The van der Waals surface area contributed by atoms with E-state index in [9.17, 15) is 4.79 Å². The molecule has 0 spiro atoms. The number of hydrogen-bond donors (Lipinski definition) is 1. The highest BCUT2D eigenvalue weighted by atomic mass is 16.5. The van der Waals surface area contributed by atoms with Crippen LogP contribution in [0.4, 0.5) is 0 Å². The highest BCUT2D eigenvalue weighted by Gasteiger charge is 2.29. The molecule has 0 aliphatic carbocycles. The van der Waals surface area contributed by atoms with Crippen molar-refractivity contribution in [2.45, 2.75) is 32.9 Å². The third-order valence-corrected chi connectivity index (χ3v) is 3.50. The lowest BCUT2D eigenvalue weighted by molar-refractivity contribution is -0.0426. The number of ether oxygens (including phenoxy) is 1. The molecule has 0 radical (unpaired) electrons. The van der Waals surface area contributed by atoms with E-state index in [4.69, 9.17) is 10.5 Å². The number of rotatable bonds is 2. The summed E-state index contributed by atoms with van der Waals surface area (Å²) in [7, 11) is 0. The normalized spacial score (nSPS) is 23.5. The van der Waals surface area contributed by atoms with Crippen molar-refractivity contribution in [2.75, 3.05) is 19.7 Å². The number of benzene rings is 1. The molecule has 2 N–H and O–H groups in total. The van der Waals surface area contributed by atoms with E-state index < -0.39 is 0 Å². The molecule has 1 aliphatic rings. The van der Waals surface area contributed by atoms with Crippen LogP contribution in [-0.4, -0.2) is 42.6 Å². The summed E-state index contributed by atoms with van der Waals surface area (Å²) in [5.74, 6) is 0.0704. The average Bonchev–Trinajstić information content (AvgIpc) is 2.37. The highest BCUT2D eigenvalue weighted by molar-refractivity contribution is 5.95. The van der Waals surface area contributed by atoms with Gasteiger partial charge in [0.2, 0.25) is 0 Å². The molecule has 2 atom stereocenters. The maximum absolute atomic E-state index is 12.6. The van der Waals surface area contributed by atoms with Crippen molar-refractivity contribution >= 4 is 5.91 Å². The van der Waals surface area contributed by atoms with Gasteiger partial charge in [0.05, 0.1) is 18.8 Å². The fourth-order valence-electron chi connectivity index (χ4n) is 2.51. The number of carbonyl (C=O) groups excluding carboxylic acids is 1. The molecule has 1 fully saturated rings. The van der Waals surface area contributed by atoms with Crippen molar-refractivity contribution < 1.29 is 9.53 Å². The first kappa shape index (κ1) is 14.0. The second-order valence-electron chi connectivity index (χ2n) is 5.37. The first-order chi connectivity index (χ1) is 9.01. The van der Waals surface area contributed by atoms with Crippen LogP contribution >= 0.6 is 0 Å². The number of carbonyl (C=O) groups is 1. The van der Waals surface area contributed by atoms with E-state index in [1.54, 1.807) is 0 Å². The fraction of sp³-hybridized carbons (Fsp3) is 0.533. The molecule has 4 nitrogen and oxygen atoms in total. The monoisotopic (exact) mass is 262 g/mol.